The Hall–Kier alpha value is -2.17. The lowest BCUT2D eigenvalue weighted by Crippen LogP contribution is -2.30. The Morgan fingerprint density at radius 1 is 1.32 bits per heavy atom. The largest absolute Gasteiger partial charge is 0.342 e. The molecule has 0 bridgehead atoms. The third-order valence-corrected chi connectivity index (χ3v) is 5.32. The molecule has 1 aliphatic carbocycles. The molecule has 1 atom stereocenters. The van der Waals surface area contributed by atoms with Crippen LogP contribution in [0.1, 0.15) is 42.4 Å². The average Bonchev–Trinajstić information content (AvgIpc) is 3.18. The highest BCUT2D eigenvalue weighted by Crippen LogP contribution is 2.37. The van der Waals surface area contributed by atoms with Crippen LogP contribution in [0.15, 0.2) is 30.5 Å². The fourth-order valence-corrected chi connectivity index (χ4v) is 3.90. The number of aryl methyl sites for hydroxylation is 1. The lowest BCUT2D eigenvalue weighted by atomic mass is 10.0. The van der Waals surface area contributed by atoms with Gasteiger partial charge in [0.2, 0.25) is 5.91 Å². The smallest absolute Gasteiger partial charge is 0.227 e. The minimum absolute atomic E-state index is 0.0924. The second-order valence-electron chi connectivity index (χ2n) is 7.42. The van der Waals surface area contributed by atoms with Crippen LogP contribution in [0, 0.1) is 18.7 Å². The average molecular weight is 341 g/mol. The van der Waals surface area contributed by atoms with Crippen LogP contribution >= 0.6 is 0 Å². The number of hydrogen-bond donors (Lipinski definition) is 0. The van der Waals surface area contributed by atoms with E-state index in [9.17, 15) is 9.18 Å². The minimum Gasteiger partial charge on any atom is -0.342 e. The van der Waals surface area contributed by atoms with Gasteiger partial charge in [0.15, 0.2) is 0 Å². The third-order valence-electron chi connectivity index (χ3n) is 5.32. The van der Waals surface area contributed by atoms with Gasteiger partial charge in [-0.25, -0.2) is 9.37 Å². The van der Waals surface area contributed by atoms with Crippen molar-refractivity contribution in [2.75, 3.05) is 13.1 Å². The quantitative estimate of drug-likeness (QED) is 0.837. The summed E-state index contributed by atoms with van der Waals surface area (Å²) in [6.45, 7) is 3.70. The van der Waals surface area contributed by atoms with E-state index in [0.717, 1.165) is 31.5 Å². The summed E-state index contributed by atoms with van der Waals surface area (Å²) in [4.78, 5) is 19.0. The molecule has 0 radical (unpaired) electrons. The monoisotopic (exact) mass is 341 g/mol. The molecule has 2 fully saturated rings. The van der Waals surface area contributed by atoms with Crippen molar-refractivity contribution in [1.82, 2.24) is 14.5 Å². The summed E-state index contributed by atoms with van der Waals surface area (Å²) in [7, 11) is 0. The molecule has 0 N–H and O–H groups in total. The highest BCUT2D eigenvalue weighted by atomic mass is 19.1. The molecule has 2 heterocycles. The molecular formula is C20H24FN3O. The highest BCUT2D eigenvalue weighted by Gasteiger charge is 2.31. The Morgan fingerprint density at radius 3 is 2.92 bits per heavy atom. The Kier molecular flexibility index (Phi) is 4.32. The summed E-state index contributed by atoms with van der Waals surface area (Å²) in [5, 5.41) is 0. The van der Waals surface area contributed by atoms with Gasteiger partial charge in [-0.3, -0.25) is 4.79 Å². The minimum atomic E-state index is -0.285. The SMILES string of the molecule is Cc1cnc(CC2CCN(C(=O)Cc3cccc(F)c3)C2)n1C1CC1. The first kappa shape index (κ1) is 16.3. The number of imidazole rings is 1. The van der Waals surface area contributed by atoms with Gasteiger partial charge in [0.25, 0.3) is 0 Å². The van der Waals surface area contributed by atoms with E-state index in [1.165, 1.54) is 36.5 Å². The molecule has 0 spiro atoms. The van der Waals surface area contributed by atoms with Gasteiger partial charge in [-0.2, -0.15) is 0 Å². The van der Waals surface area contributed by atoms with Gasteiger partial charge >= 0.3 is 0 Å². The summed E-state index contributed by atoms with van der Waals surface area (Å²) in [6.07, 6.45) is 6.72. The molecule has 1 aliphatic heterocycles. The molecule has 1 saturated carbocycles. The lowest BCUT2D eigenvalue weighted by molar-refractivity contribution is -0.129. The van der Waals surface area contributed by atoms with E-state index in [2.05, 4.69) is 16.5 Å². The number of likely N-dealkylation sites (tertiary alicyclic amines) is 1. The molecule has 2 aliphatic rings. The van der Waals surface area contributed by atoms with E-state index in [4.69, 9.17) is 0 Å². The van der Waals surface area contributed by atoms with E-state index >= 15 is 0 Å². The third kappa shape index (κ3) is 3.60. The number of halogens is 1. The number of rotatable bonds is 5. The number of benzene rings is 1. The number of hydrogen-bond acceptors (Lipinski definition) is 2. The Balaban J connectivity index is 1.36. The van der Waals surface area contributed by atoms with Crippen LogP contribution in [0.2, 0.25) is 0 Å². The zero-order chi connectivity index (χ0) is 17.4. The molecular weight excluding hydrogens is 317 g/mol. The first-order chi connectivity index (χ1) is 12.1. The summed E-state index contributed by atoms with van der Waals surface area (Å²) >= 11 is 0. The fraction of sp³-hybridized carbons (Fsp3) is 0.500. The number of amides is 1. The van der Waals surface area contributed by atoms with Gasteiger partial charge in [-0.05, 0) is 49.8 Å². The molecule has 1 saturated heterocycles. The molecule has 4 nitrogen and oxygen atoms in total. The van der Waals surface area contributed by atoms with Gasteiger partial charge in [-0.1, -0.05) is 12.1 Å². The Bertz CT molecular complexity index is 781. The normalized spacial score (nSPS) is 20.2. The first-order valence-electron chi connectivity index (χ1n) is 9.15. The number of aromatic nitrogens is 2. The van der Waals surface area contributed by atoms with Gasteiger partial charge in [0.05, 0.1) is 6.42 Å². The number of carbonyl (C=O) groups is 1. The van der Waals surface area contributed by atoms with Crippen LogP contribution in [0.4, 0.5) is 4.39 Å². The molecule has 1 unspecified atom stereocenters. The van der Waals surface area contributed by atoms with Crippen LogP contribution in [-0.2, 0) is 17.6 Å². The molecule has 4 rings (SSSR count). The first-order valence-corrected chi connectivity index (χ1v) is 9.15. The number of carbonyl (C=O) groups excluding carboxylic acids is 1. The van der Waals surface area contributed by atoms with Gasteiger partial charge < -0.3 is 9.47 Å². The van der Waals surface area contributed by atoms with Gasteiger partial charge in [0.1, 0.15) is 11.6 Å². The molecule has 1 aromatic carbocycles. The molecule has 25 heavy (non-hydrogen) atoms. The molecule has 1 aromatic heterocycles. The predicted octanol–water partition coefficient (Wildman–Crippen LogP) is 3.30. The van der Waals surface area contributed by atoms with E-state index in [-0.39, 0.29) is 18.1 Å². The summed E-state index contributed by atoms with van der Waals surface area (Å²) in [5.74, 6) is 1.45. The van der Waals surface area contributed by atoms with E-state index in [1.54, 1.807) is 6.07 Å². The van der Waals surface area contributed by atoms with Crippen LogP contribution in [0.5, 0.6) is 0 Å². The Labute approximate surface area is 147 Å². The standard InChI is InChI=1S/C20H24FN3O/c1-14-12-22-19(24(14)18-5-6-18)10-16-7-8-23(13-16)20(25)11-15-3-2-4-17(21)9-15/h2-4,9,12,16,18H,5-8,10-11,13H2,1H3. The Morgan fingerprint density at radius 2 is 2.16 bits per heavy atom. The van der Waals surface area contributed by atoms with Crippen LogP contribution in [-0.4, -0.2) is 33.4 Å². The van der Waals surface area contributed by atoms with Crippen LogP contribution < -0.4 is 0 Å². The lowest BCUT2D eigenvalue weighted by Gasteiger charge is -2.17. The second-order valence-corrected chi connectivity index (χ2v) is 7.42. The van der Waals surface area contributed by atoms with Crippen LogP contribution in [0.25, 0.3) is 0 Å². The van der Waals surface area contributed by atoms with Crippen molar-refractivity contribution < 1.29 is 9.18 Å². The topological polar surface area (TPSA) is 38.1 Å². The van der Waals surface area contributed by atoms with Gasteiger partial charge in [0, 0.05) is 37.4 Å². The maximum absolute atomic E-state index is 13.3. The zero-order valence-electron chi connectivity index (χ0n) is 14.6. The van der Waals surface area contributed by atoms with Crippen molar-refractivity contribution in [2.24, 2.45) is 5.92 Å². The van der Waals surface area contributed by atoms with Crippen molar-refractivity contribution in [1.29, 1.82) is 0 Å². The summed E-state index contributed by atoms with van der Waals surface area (Å²) in [5.41, 5.74) is 1.99. The van der Waals surface area contributed by atoms with Gasteiger partial charge in [-0.15, -0.1) is 0 Å². The van der Waals surface area contributed by atoms with Crippen molar-refractivity contribution in [3.05, 3.63) is 53.4 Å². The van der Waals surface area contributed by atoms with E-state index in [1.807, 2.05) is 17.2 Å². The van der Waals surface area contributed by atoms with Crippen LogP contribution in [0.3, 0.4) is 0 Å². The van der Waals surface area contributed by atoms with E-state index < -0.39 is 0 Å². The fourth-order valence-electron chi connectivity index (χ4n) is 3.90. The van der Waals surface area contributed by atoms with Crippen molar-refractivity contribution in [2.45, 2.75) is 45.1 Å². The summed E-state index contributed by atoms with van der Waals surface area (Å²) < 4.78 is 15.7. The molecule has 132 valence electrons. The molecule has 5 heteroatoms. The van der Waals surface area contributed by atoms with Crippen molar-refractivity contribution in [3.8, 4) is 0 Å². The maximum atomic E-state index is 13.3. The zero-order valence-corrected chi connectivity index (χ0v) is 14.6. The van der Waals surface area contributed by atoms with Crippen molar-refractivity contribution in [3.63, 3.8) is 0 Å². The molecule has 1 amide bonds. The maximum Gasteiger partial charge on any atom is 0.227 e. The second kappa shape index (κ2) is 6.62. The predicted molar refractivity (Wildman–Crippen MR) is 93.7 cm³/mol. The van der Waals surface area contributed by atoms with Crippen molar-refractivity contribution >= 4 is 5.91 Å². The molecule has 2 aromatic rings. The summed E-state index contributed by atoms with van der Waals surface area (Å²) in [6, 6.07) is 6.96. The number of nitrogens with zero attached hydrogens (tertiary/aromatic N) is 3. The van der Waals surface area contributed by atoms with E-state index in [0.29, 0.717) is 12.0 Å². The highest BCUT2D eigenvalue weighted by molar-refractivity contribution is 5.79.